The van der Waals surface area contributed by atoms with Crippen LogP contribution in [-0.2, 0) is 0 Å². The van der Waals surface area contributed by atoms with Crippen molar-refractivity contribution in [3.63, 3.8) is 0 Å². The molecule has 0 spiro atoms. The summed E-state index contributed by atoms with van der Waals surface area (Å²) in [7, 11) is 0. The van der Waals surface area contributed by atoms with Crippen LogP contribution in [-0.4, -0.2) is 23.3 Å². The van der Waals surface area contributed by atoms with E-state index in [1.54, 1.807) is 0 Å². The maximum Gasteiger partial charge on any atom is 0.0552 e. The SMILES string of the molecule is CC1(C)CC2CC(C)(C)NC2C=N1. The van der Waals surface area contributed by atoms with Gasteiger partial charge in [-0.15, -0.1) is 0 Å². The Morgan fingerprint density at radius 1 is 1.23 bits per heavy atom. The molecule has 2 rings (SSSR count). The molecule has 2 aliphatic rings. The van der Waals surface area contributed by atoms with E-state index in [9.17, 15) is 0 Å². The van der Waals surface area contributed by atoms with Crippen LogP contribution in [0.1, 0.15) is 40.5 Å². The van der Waals surface area contributed by atoms with Crippen molar-refractivity contribution in [2.24, 2.45) is 10.9 Å². The Hall–Kier alpha value is -0.370. The van der Waals surface area contributed by atoms with Gasteiger partial charge in [-0.05, 0) is 46.5 Å². The first-order valence-corrected chi connectivity index (χ1v) is 5.21. The van der Waals surface area contributed by atoms with Crippen LogP contribution in [0, 0.1) is 5.92 Å². The van der Waals surface area contributed by atoms with Gasteiger partial charge >= 0.3 is 0 Å². The second-order valence-electron chi connectivity index (χ2n) is 5.81. The lowest BCUT2D eigenvalue weighted by Crippen LogP contribution is -2.42. The molecule has 0 aromatic rings. The van der Waals surface area contributed by atoms with Gasteiger partial charge in [0, 0.05) is 17.8 Å². The van der Waals surface area contributed by atoms with E-state index in [2.05, 4.69) is 44.2 Å². The Balaban J connectivity index is 2.16. The van der Waals surface area contributed by atoms with Crippen LogP contribution in [0.4, 0.5) is 0 Å². The highest BCUT2D eigenvalue weighted by Gasteiger charge is 2.42. The molecule has 0 aliphatic carbocycles. The van der Waals surface area contributed by atoms with Crippen molar-refractivity contribution < 1.29 is 0 Å². The fourth-order valence-electron chi connectivity index (χ4n) is 2.74. The lowest BCUT2D eigenvalue weighted by molar-refractivity contribution is 0.340. The predicted molar refractivity (Wildman–Crippen MR) is 56.3 cm³/mol. The fraction of sp³-hybridized carbons (Fsp3) is 0.909. The number of fused-ring (bicyclic) bond motifs is 1. The number of nitrogens with zero attached hydrogens (tertiary/aromatic N) is 1. The summed E-state index contributed by atoms with van der Waals surface area (Å²) in [5, 5.41) is 3.62. The second kappa shape index (κ2) is 2.57. The summed E-state index contributed by atoms with van der Waals surface area (Å²) < 4.78 is 0. The van der Waals surface area contributed by atoms with Gasteiger partial charge in [0.15, 0.2) is 0 Å². The first-order valence-electron chi connectivity index (χ1n) is 5.21. The van der Waals surface area contributed by atoms with Gasteiger partial charge in [0.05, 0.1) is 5.54 Å². The average molecular weight is 180 g/mol. The van der Waals surface area contributed by atoms with Crippen LogP contribution >= 0.6 is 0 Å². The molecular weight excluding hydrogens is 160 g/mol. The summed E-state index contributed by atoms with van der Waals surface area (Å²) in [6.45, 7) is 9.02. The Kier molecular flexibility index (Phi) is 1.82. The molecule has 1 saturated heterocycles. The molecule has 2 atom stereocenters. The van der Waals surface area contributed by atoms with E-state index in [1.807, 2.05) is 0 Å². The molecule has 0 aromatic heterocycles. The molecular formula is C11H20N2. The largest absolute Gasteiger partial charge is 0.304 e. The molecule has 0 saturated carbocycles. The molecule has 2 heteroatoms. The minimum atomic E-state index is 0.170. The topological polar surface area (TPSA) is 24.4 Å². The third kappa shape index (κ3) is 1.78. The van der Waals surface area contributed by atoms with Crippen molar-refractivity contribution in [2.45, 2.75) is 57.7 Å². The lowest BCUT2D eigenvalue weighted by atomic mass is 9.82. The maximum atomic E-state index is 4.58. The van der Waals surface area contributed by atoms with Crippen molar-refractivity contribution in [1.29, 1.82) is 0 Å². The molecule has 2 aliphatic heterocycles. The zero-order valence-electron chi connectivity index (χ0n) is 9.09. The molecule has 0 bridgehead atoms. The summed E-state index contributed by atoms with van der Waals surface area (Å²) in [4.78, 5) is 4.58. The van der Waals surface area contributed by atoms with Gasteiger partial charge in [0.2, 0.25) is 0 Å². The summed E-state index contributed by atoms with van der Waals surface area (Å²) >= 11 is 0. The Morgan fingerprint density at radius 3 is 2.62 bits per heavy atom. The highest BCUT2D eigenvalue weighted by atomic mass is 15.1. The van der Waals surface area contributed by atoms with Crippen molar-refractivity contribution in [2.75, 3.05) is 0 Å². The third-order valence-corrected chi connectivity index (χ3v) is 3.18. The molecule has 74 valence electrons. The Morgan fingerprint density at radius 2 is 1.92 bits per heavy atom. The van der Waals surface area contributed by atoms with Crippen LogP contribution < -0.4 is 5.32 Å². The van der Waals surface area contributed by atoms with E-state index in [-0.39, 0.29) is 5.54 Å². The van der Waals surface area contributed by atoms with E-state index in [0.29, 0.717) is 11.6 Å². The lowest BCUT2D eigenvalue weighted by Gasteiger charge is -2.30. The van der Waals surface area contributed by atoms with Gasteiger partial charge in [-0.1, -0.05) is 0 Å². The van der Waals surface area contributed by atoms with Gasteiger partial charge in [0.1, 0.15) is 0 Å². The molecule has 0 amide bonds. The van der Waals surface area contributed by atoms with Crippen molar-refractivity contribution >= 4 is 6.21 Å². The quantitative estimate of drug-likeness (QED) is 0.606. The zero-order chi connectivity index (χ0) is 9.69. The molecule has 2 unspecified atom stereocenters. The number of hydrogen-bond donors (Lipinski definition) is 1. The van der Waals surface area contributed by atoms with Gasteiger partial charge in [-0.25, -0.2) is 0 Å². The van der Waals surface area contributed by atoms with Gasteiger partial charge < -0.3 is 5.32 Å². The Bertz CT molecular complexity index is 240. The standard InChI is InChI=1S/C11H20N2/c1-10(2)5-8-6-11(3,4)13-9(8)7-12-10/h7-9,13H,5-6H2,1-4H3. The number of rotatable bonds is 0. The predicted octanol–water partition coefficient (Wildman–Crippen LogP) is 2.00. The van der Waals surface area contributed by atoms with E-state index < -0.39 is 0 Å². The number of hydrogen-bond acceptors (Lipinski definition) is 2. The van der Waals surface area contributed by atoms with Gasteiger partial charge in [-0.3, -0.25) is 4.99 Å². The minimum Gasteiger partial charge on any atom is -0.304 e. The first kappa shape index (κ1) is 9.20. The average Bonchev–Trinajstić information content (AvgIpc) is 2.20. The molecule has 2 heterocycles. The molecule has 0 aromatic carbocycles. The summed E-state index contributed by atoms with van der Waals surface area (Å²) in [6.07, 6.45) is 4.64. The number of aliphatic imine (C=N–C) groups is 1. The van der Waals surface area contributed by atoms with Crippen LogP contribution in [0.25, 0.3) is 0 Å². The summed E-state index contributed by atoms with van der Waals surface area (Å²) in [5.41, 5.74) is 0.477. The second-order valence-corrected chi connectivity index (χ2v) is 5.81. The first-order chi connectivity index (χ1) is 5.88. The fourth-order valence-corrected chi connectivity index (χ4v) is 2.74. The summed E-state index contributed by atoms with van der Waals surface area (Å²) in [6, 6.07) is 0.531. The normalized spacial score (nSPS) is 40.3. The van der Waals surface area contributed by atoms with Crippen molar-refractivity contribution in [1.82, 2.24) is 5.32 Å². The smallest absolute Gasteiger partial charge is 0.0552 e. The molecule has 1 fully saturated rings. The van der Waals surface area contributed by atoms with Crippen LogP contribution in [0.3, 0.4) is 0 Å². The maximum absolute atomic E-state index is 4.58. The van der Waals surface area contributed by atoms with E-state index in [4.69, 9.17) is 0 Å². The van der Waals surface area contributed by atoms with Crippen LogP contribution in [0.15, 0.2) is 4.99 Å². The minimum absolute atomic E-state index is 0.170. The monoisotopic (exact) mass is 180 g/mol. The van der Waals surface area contributed by atoms with E-state index >= 15 is 0 Å². The van der Waals surface area contributed by atoms with Crippen LogP contribution in [0.5, 0.6) is 0 Å². The highest BCUT2D eigenvalue weighted by molar-refractivity contribution is 5.67. The van der Waals surface area contributed by atoms with Gasteiger partial charge in [0.25, 0.3) is 0 Å². The van der Waals surface area contributed by atoms with E-state index in [1.165, 1.54) is 12.8 Å². The van der Waals surface area contributed by atoms with Crippen LogP contribution in [0.2, 0.25) is 0 Å². The van der Waals surface area contributed by atoms with Gasteiger partial charge in [-0.2, -0.15) is 0 Å². The zero-order valence-corrected chi connectivity index (χ0v) is 9.09. The van der Waals surface area contributed by atoms with Crippen molar-refractivity contribution in [3.05, 3.63) is 0 Å². The number of nitrogens with one attached hydrogen (secondary N) is 1. The molecule has 13 heavy (non-hydrogen) atoms. The van der Waals surface area contributed by atoms with E-state index in [0.717, 1.165) is 5.92 Å². The molecule has 2 nitrogen and oxygen atoms in total. The molecule has 0 radical (unpaired) electrons. The third-order valence-electron chi connectivity index (χ3n) is 3.18. The van der Waals surface area contributed by atoms with Crippen molar-refractivity contribution in [3.8, 4) is 0 Å². The molecule has 1 N–H and O–H groups in total. The Labute approximate surface area is 80.8 Å². The summed E-state index contributed by atoms with van der Waals surface area (Å²) in [5.74, 6) is 0.794. The highest BCUT2D eigenvalue weighted by Crippen LogP contribution is 2.37.